The first-order valence-electron chi connectivity index (χ1n) is 5.85. The minimum Gasteiger partial charge on any atom is -0.362 e. The summed E-state index contributed by atoms with van der Waals surface area (Å²) in [6.07, 6.45) is 0.956. The minimum atomic E-state index is 0.576. The van der Waals surface area contributed by atoms with E-state index in [1.54, 1.807) is 23.5 Å². The van der Waals surface area contributed by atoms with Gasteiger partial charge in [0.2, 0.25) is 0 Å². The summed E-state index contributed by atoms with van der Waals surface area (Å²) >= 11 is 6.95. The summed E-state index contributed by atoms with van der Waals surface area (Å²) in [4.78, 5) is 1.33. The number of hydrogen-bond donors (Lipinski definition) is 2. The van der Waals surface area contributed by atoms with Gasteiger partial charge in [0.1, 0.15) is 0 Å². The molecule has 0 aliphatic heterocycles. The maximum Gasteiger partial charge on any atom is 0.170 e. The summed E-state index contributed by atoms with van der Waals surface area (Å²) in [6, 6.07) is 13.5. The zero-order valence-electron chi connectivity index (χ0n) is 10.2. The topological polar surface area (TPSA) is 47.9 Å². The predicted molar refractivity (Wildman–Crippen MR) is 83.4 cm³/mol. The van der Waals surface area contributed by atoms with E-state index in [4.69, 9.17) is 17.5 Å². The molecule has 0 fully saturated rings. The number of nitrogens with one attached hydrogen (secondary N) is 2. The molecule has 0 radical (unpaired) electrons. The van der Waals surface area contributed by atoms with E-state index in [0.29, 0.717) is 10.7 Å². The van der Waals surface area contributed by atoms with E-state index in [2.05, 4.69) is 28.1 Å². The van der Waals surface area contributed by atoms with Crippen molar-refractivity contribution in [3.05, 3.63) is 52.2 Å². The first kappa shape index (κ1) is 13.5. The summed E-state index contributed by atoms with van der Waals surface area (Å²) in [5, 5.41) is 17.7. The van der Waals surface area contributed by atoms with Crippen molar-refractivity contribution in [2.24, 2.45) is 0 Å². The van der Waals surface area contributed by atoms with Crippen molar-refractivity contribution in [2.45, 2.75) is 6.42 Å². The van der Waals surface area contributed by atoms with Crippen LogP contribution in [0.5, 0.6) is 0 Å². The zero-order valence-corrected chi connectivity index (χ0v) is 11.9. The monoisotopic (exact) mass is 287 g/mol. The highest BCUT2D eigenvalue weighted by atomic mass is 32.1. The molecular weight excluding hydrogens is 274 g/mol. The van der Waals surface area contributed by atoms with Gasteiger partial charge in [-0.25, -0.2) is 0 Å². The molecule has 5 heteroatoms. The van der Waals surface area contributed by atoms with Gasteiger partial charge in [-0.1, -0.05) is 12.1 Å². The molecule has 2 aromatic rings. The van der Waals surface area contributed by atoms with Crippen molar-refractivity contribution in [1.29, 1.82) is 5.26 Å². The molecule has 19 heavy (non-hydrogen) atoms. The van der Waals surface area contributed by atoms with Gasteiger partial charge in [-0.15, -0.1) is 11.3 Å². The Morgan fingerprint density at radius 3 is 2.95 bits per heavy atom. The molecule has 96 valence electrons. The van der Waals surface area contributed by atoms with Crippen molar-refractivity contribution in [1.82, 2.24) is 5.32 Å². The van der Waals surface area contributed by atoms with Crippen molar-refractivity contribution in [3.8, 4) is 6.07 Å². The normalized spacial score (nSPS) is 9.63. The van der Waals surface area contributed by atoms with E-state index in [-0.39, 0.29) is 0 Å². The van der Waals surface area contributed by atoms with E-state index in [1.807, 2.05) is 18.2 Å². The second kappa shape index (κ2) is 6.88. The lowest BCUT2D eigenvalue weighted by Crippen LogP contribution is -2.30. The molecule has 0 spiro atoms. The van der Waals surface area contributed by atoms with Crippen LogP contribution >= 0.6 is 23.6 Å². The van der Waals surface area contributed by atoms with Crippen LogP contribution in [0.3, 0.4) is 0 Å². The van der Waals surface area contributed by atoms with Crippen molar-refractivity contribution < 1.29 is 0 Å². The molecule has 0 aliphatic carbocycles. The highest BCUT2D eigenvalue weighted by Gasteiger charge is 1.99. The Bertz CT molecular complexity index is 585. The van der Waals surface area contributed by atoms with Crippen LogP contribution < -0.4 is 10.6 Å². The second-order valence-electron chi connectivity index (χ2n) is 3.90. The van der Waals surface area contributed by atoms with E-state index >= 15 is 0 Å². The lowest BCUT2D eigenvalue weighted by molar-refractivity contribution is 0.885. The maximum absolute atomic E-state index is 8.82. The van der Waals surface area contributed by atoms with Gasteiger partial charge < -0.3 is 10.6 Å². The van der Waals surface area contributed by atoms with Gasteiger partial charge in [-0.05, 0) is 48.3 Å². The van der Waals surface area contributed by atoms with E-state index in [0.717, 1.165) is 18.7 Å². The molecular formula is C14H13N3S2. The van der Waals surface area contributed by atoms with Crippen LogP contribution in [0.2, 0.25) is 0 Å². The number of thiophene rings is 1. The van der Waals surface area contributed by atoms with Gasteiger partial charge in [-0.2, -0.15) is 5.26 Å². The Morgan fingerprint density at radius 1 is 1.32 bits per heavy atom. The summed E-state index contributed by atoms with van der Waals surface area (Å²) in [6.45, 7) is 0.796. The minimum absolute atomic E-state index is 0.576. The van der Waals surface area contributed by atoms with Gasteiger partial charge in [0, 0.05) is 17.1 Å². The predicted octanol–water partition coefficient (Wildman–Crippen LogP) is 3.15. The van der Waals surface area contributed by atoms with E-state index in [9.17, 15) is 0 Å². The molecule has 1 heterocycles. The largest absolute Gasteiger partial charge is 0.362 e. The Kier molecular flexibility index (Phi) is 4.90. The quantitative estimate of drug-likeness (QED) is 0.848. The fraction of sp³-hybridized carbons (Fsp3) is 0.143. The van der Waals surface area contributed by atoms with Crippen molar-refractivity contribution >= 4 is 34.4 Å². The summed E-state index contributed by atoms with van der Waals surface area (Å²) < 4.78 is 0. The van der Waals surface area contributed by atoms with E-state index < -0.39 is 0 Å². The smallest absolute Gasteiger partial charge is 0.170 e. The molecule has 0 unspecified atom stereocenters. The molecule has 1 aromatic heterocycles. The maximum atomic E-state index is 8.82. The number of nitrogens with zero attached hydrogens (tertiary/aromatic N) is 1. The number of hydrogen-bond acceptors (Lipinski definition) is 3. The first-order valence-corrected chi connectivity index (χ1v) is 7.14. The van der Waals surface area contributed by atoms with Crippen LogP contribution in [0.25, 0.3) is 0 Å². The second-order valence-corrected chi connectivity index (χ2v) is 5.34. The third-order valence-corrected chi connectivity index (χ3v) is 3.67. The van der Waals surface area contributed by atoms with Crippen LogP contribution in [0.15, 0.2) is 41.8 Å². The molecule has 0 saturated carbocycles. The average molecular weight is 287 g/mol. The van der Waals surface area contributed by atoms with Crippen molar-refractivity contribution in [2.75, 3.05) is 11.9 Å². The lowest BCUT2D eigenvalue weighted by Gasteiger charge is -2.10. The molecule has 2 rings (SSSR count). The van der Waals surface area contributed by atoms with E-state index in [1.165, 1.54) is 4.88 Å². The van der Waals surface area contributed by atoms with Crippen LogP contribution in [-0.4, -0.2) is 11.7 Å². The van der Waals surface area contributed by atoms with Gasteiger partial charge in [0.15, 0.2) is 5.11 Å². The lowest BCUT2D eigenvalue weighted by atomic mass is 10.2. The summed E-state index contributed by atoms with van der Waals surface area (Å²) in [5.41, 5.74) is 1.44. The molecule has 0 atom stereocenters. The van der Waals surface area contributed by atoms with Crippen LogP contribution in [-0.2, 0) is 6.42 Å². The summed E-state index contributed by atoms with van der Waals surface area (Å²) in [5.74, 6) is 0. The van der Waals surface area contributed by atoms with Gasteiger partial charge in [0.05, 0.1) is 11.6 Å². The van der Waals surface area contributed by atoms with Gasteiger partial charge in [-0.3, -0.25) is 0 Å². The Labute approximate surface area is 121 Å². The van der Waals surface area contributed by atoms with Crippen LogP contribution in [0.1, 0.15) is 10.4 Å². The number of nitriles is 1. The average Bonchev–Trinajstić information content (AvgIpc) is 2.92. The number of rotatable bonds is 4. The summed E-state index contributed by atoms with van der Waals surface area (Å²) in [7, 11) is 0. The number of anilines is 1. The molecule has 2 N–H and O–H groups in total. The molecule has 0 amide bonds. The third kappa shape index (κ3) is 4.36. The SMILES string of the molecule is N#Cc1cccc(NC(=S)NCCc2cccs2)c1. The molecule has 0 aliphatic rings. The zero-order chi connectivity index (χ0) is 13.5. The molecule has 0 bridgehead atoms. The van der Waals surface area contributed by atoms with Gasteiger partial charge >= 0.3 is 0 Å². The van der Waals surface area contributed by atoms with Crippen LogP contribution in [0.4, 0.5) is 5.69 Å². The standard InChI is InChI=1S/C14H13N3S2/c15-10-11-3-1-4-12(9-11)17-14(18)16-7-6-13-5-2-8-19-13/h1-5,8-9H,6-7H2,(H2,16,17,18). The Hall–Kier alpha value is -1.90. The molecule has 0 saturated heterocycles. The third-order valence-electron chi connectivity index (χ3n) is 2.49. The first-order chi connectivity index (χ1) is 9.28. The van der Waals surface area contributed by atoms with Gasteiger partial charge in [0.25, 0.3) is 0 Å². The van der Waals surface area contributed by atoms with Crippen molar-refractivity contribution in [3.63, 3.8) is 0 Å². The van der Waals surface area contributed by atoms with Crippen LogP contribution in [0, 0.1) is 11.3 Å². The number of thiocarbonyl (C=S) groups is 1. The Morgan fingerprint density at radius 2 is 2.21 bits per heavy atom. The molecule has 3 nitrogen and oxygen atoms in total. The fourth-order valence-electron chi connectivity index (χ4n) is 1.60. The fourth-order valence-corrected chi connectivity index (χ4v) is 2.52. The molecule has 1 aromatic carbocycles. The highest BCUT2D eigenvalue weighted by Crippen LogP contribution is 2.10. The number of benzene rings is 1. The highest BCUT2D eigenvalue weighted by molar-refractivity contribution is 7.80. The Balaban J connectivity index is 1.79.